The Morgan fingerprint density at radius 2 is 2.25 bits per heavy atom. The smallest absolute Gasteiger partial charge is 0.0449 e. The van der Waals surface area contributed by atoms with E-state index in [1.807, 2.05) is 0 Å². The first kappa shape index (κ1) is 4.53. The predicted molar refractivity (Wildman–Crippen MR) is 39.7 cm³/mol. The van der Waals surface area contributed by atoms with Crippen molar-refractivity contribution in [2.24, 2.45) is 0 Å². The molecule has 0 aliphatic carbocycles. The Labute approximate surface area is 55.4 Å². The Balaban J connectivity index is 3.06. The van der Waals surface area contributed by atoms with Crippen LogP contribution in [0.15, 0.2) is 22.2 Å². The molecule has 2 heteroatoms. The van der Waals surface area contributed by atoms with Crippen molar-refractivity contribution < 1.29 is 0 Å². The monoisotopic (exact) mass is 140 g/mol. The van der Waals surface area contributed by atoms with Gasteiger partial charge in [-0.25, -0.2) is 0 Å². The Kier molecular flexibility index (Phi) is 0.889. The average molecular weight is 140 g/mol. The van der Waals surface area contributed by atoms with Gasteiger partial charge in [-0.05, 0) is 16.8 Å². The molecule has 0 aliphatic heterocycles. The van der Waals surface area contributed by atoms with Crippen molar-refractivity contribution in [2.75, 3.05) is 0 Å². The SMILES string of the molecule is c1cc2cscc2s1. The van der Waals surface area contributed by atoms with Crippen LogP contribution >= 0.6 is 22.7 Å². The van der Waals surface area contributed by atoms with Crippen LogP contribution in [0, 0.1) is 0 Å². The van der Waals surface area contributed by atoms with Gasteiger partial charge in [0.05, 0.1) is 0 Å². The fourth-order valence-corrected chi connectivity index (χ4v) is 2.46. The van der Waals surface area contributed by atoms with Gasteiger partial charge in [0.2, 0.25) is 0 Å². The van der Waals surface area contributed by atoms with Gasteiger partial charge >= 0.3 is 0 Å². The molecule has 0 aliphatic rings. The molecular weight excluding hydrogens is 136 g/mol. The largest absolute Gasteiger partial charge is 0.150 e. The fraction of sp³-hybridized carbons (Fsp3) is 0. The third kappa shape index (κ3) is 0.501. The minimum Gasteiger partial charge on any atom is -0.150 e. The topological polar surface area (TPSA) is 0 Å². The van der Waals surface area contributed by atoms with E-state index in [0.717, 1.165) is 0 Å². The number of rotatable bonds is 0. The van der Waals surface area contributed by atoms with Gasteiger partial charge in [0.15, 0.2) is 0 Å². The second-order valence-electron chi connectivity index (χ2n) is 1.61. The first-order valence-corrected chi connectivity index (χ1v) is 4.18. The number of fused-ring (bicyclic) bond motifs is 1. The van der Waals surface area contributed by atoms with E-state index < -0.39 is 0 Å². The zero-order valence-corrected chi connectivity index (χ0v) is 5.76. The van der Waals surface area contributed by atoms with Crippen LogP contribution in [0.1, 0.15) is 0 Å². The van der Waals surface area contributed by atoms with Crippen LogP contribution in [0.5, 0.6) is 0 Å². The third-order valence-electron chi connectivity index (χ3n) is 1.10. The zero-order valence-electron chi connectivity index (χ0n) is 4.13. The van der Waals surface area contributed by atoms with Crippen molar-refractivity contribution in [1.82, 2.24) is 0 Å². The molecule has 0 saturated carbocycles. The van der Waals surface area contributed by atoms with E-state index in [4.69, 9.17) is 0 Å². The van der Waals surface area contributed by atoms with E-state index in [1.54, 1.807) is 22.7 Å². The highest BCUT2D eigenvalue weighted by Gasteiger charge is 1.90. The zero-order chi connectivity index (χ0) is 5.40. The molecule has 0 bridgehead atoms. The molecule has 0 fully saturated rings. The maximum Gasteiger partial charge on any atom is 0.0449 e. The van der Waals surface area contributed by atoms with E-state index in [2.05, 4.69) is 22.2 Å². The summed E-state index contributed by atoms with van der Waals surface area (Å²) in [6, 6.07) is 2.15. The first-order valence-electron chi connectivity index (χ1n) is 2.36. The quantitative estimate of drug-likeness (QED) is 0.527. The van der Waals surface area contributed by atoms with Crippen molar-refractivity contribution in [3.8, 4) is 0 Å². The summed E-state index contributed by atoms with van der Waals surface area (Å²) < 4.78 is 1.41. The van der Waals surface area contributed by atoms with Crippen molar-refractivity contribution in [1.29, 1.82) is 0 Å². The van der Waals surface area contributed by atoms with Crippen LogP contribution in [0.4, 0.5) is 0 Å². The van der Waals surface area contributed by atoms with Crippen molar-refractivity contribution in [3.63, 3.8) is 0 Å². The van der Waals surface area contributed by atoms with Crippen molar-refractivity contribution >= 4 is 32.8 Å². The Hall–Kier alpha value is -0.340. The standard InChI is InChI=1S/C6H4S2/c1-2-8-6-4-7-3-5(1)6/h1-4H. The highest BCUT2D eigenvalue weighted by atomic mass is 32.1. The van der Waals surface area contributed by atoms with Gasteiger partial charge in [-0.1, -0.05) is 0 Å². The van der Waals surface area contributed by atoms with Crippen LogP contribution in [-0.2, 0) is 0 Å². The van der Waals surface area contributed by atoms with E-state index in [-0.39, 0.29) is 0 Å². The molecule has 0 radical (unpaired) electrons. The number of hydrogen-bond acceptors (Lipinski definition) is 2. The highest BCUT2D eigenvalue weighted by molar-refractivity contribution is 7.21. The molecule has 0 aromatic carbocycles. The summed E-state index contributed by atoms with van der Waals surface area (Å²) in [5.41, 5.74) is 0. The Morgan fingerprint density at radius 1 is 1.25 bits per heavy atom. The maximum atomic E-state index is 2.18. The number of hydrogen-bond donors (Lipinski definition) is 0. The van der Waals surface area contributed by atoms with Crippen molar-refractivity contribution in [3.05, 3.63) is 22.2 Å². The normalized spacial score (nSPS) is 10.5. The molecule has 0 saturated heterocycles. The van der Waals surface area contributed by atoms with E-state index in [9.17, 15) is 0 Å². The van der Waals surface area contributed by atoms with Crippen LogP contribution in [0.2, 0.25) is 0 Å². The van der Waals surface area contributed by atoms with Gasteiger partial charge in [-0.2, -0.15) is 11.3 Å². The summed E-state index contributed by atoms with van der Waals surface area (Å²) in [4.78, 5) is 0. The van der Waals surface area contributed by atoms with Crippen LogP contribution in [0.3, 0.4) is 0 Å². The molecule has 0 N–H and O–H groups in total. The third-order valence-corrected chi connectivity index (χ3v) is 2.89. The summed E-state index contributed by atoms with van der Waals surface area (Å²) >= 11 is 3.57. The van der Waals surface area contributed by atoms with Gasteiger partial charge in [0.1, 0.15) is 0 Å². The fourth-order valence-electron chi connectivity index (χ4n) is 0.693. The molecule has 2 aromatic heterocycles. The van der Waals surface area contributed by atoms with Gasteiger partial charge in [0.25, 0.3) is 0 Å². The first-order chi connectivity index (χ1) is 3.97. The van der Waals surface area contributed by atoms with E-state index in [1.165, 1.54) is 10.1 Å². The molecule has 0 nitrogen and oxygen atoms in total. The summed E-state index contributed by atoms with van der Waals surface area (Å²) in [6.45, 7) is 0. The Morgan fingerprint density at radius 3 is 3.12 bits per heavy atom. The molecule has 0 spiro atoms. The lowest BCUT2D eigenvalue weighted by Crippen LogP contribution is -1.36. The highest BCUT2D eigenvalue weighted by Crippen LogP contribution is 2.23. The lowest BCUT2D eigenvalue weighted by Gasteiger charge is -1.63. The van der Waals surface area contributed by atoms with Crippen LogP contribution in [-0.4, -0.2) is 0 Å². The van der Waals surface area contributed by atoms with Crippen molar-refractivity contribution in [2.45, 2.75) is 0 Å². The van der Waals surface area contributed by atoms with Gasteiger partial charge in [0, 0.05) is 15.5 Å². The maximum absolute atomic E-state index is 2.18. The molecule has 0 atom stereocenters. The van der Waals surface area contributed by atoms with E-state index >= 15 is 0 Å². The Bertz CT molecular complexity index is 228. The molecule has 8 heavy (non-hydrogen) atoms. The van der Waals surface area contributed by atoms with Gasteiger partial charge < -0.3 is 0 Å². The molecule has 0 unspecified atom stereocenters. The summed E-state index contributed by atoms with van der Waals surface area (Å²) in [5.74, 6) is 0. The molecular formula is C6H4S2. The lowest BCUT2D eigenvalue weighted by molar-refractivity contribution is 2.18. The minimum atomic E-state index is 1.39. The van der Waals surface area contributed by atoms with Gasteiger partial charge in [-0.15, -0.1) is 11.3 Å². The van der Waals surface area contributed by atoms with Gasteiger partial charge in [-0.3, -0.25) is 0 Å². The predicted octanol–water partition coefficient (Wildman–Crippen LogP) is 2.96. The number of thiophene rings is 2. The molecule has 2 rings (SSSR count). The molecule has 2 heterocycles. The minimum absolute atomic E-state index is 1.39. The van der Waals surface area contributed by atoms with Crippen LogP contribution in [0.25, 0.3) is 10.1 Å². The second kappa shape index (κ2) is 1.57. The summed E-state index contributed by atoms with van der Waals surface area (Å²) in [6.07, 6.45) is 0. The van der Waals surface area contributed by atoms with E-state index in [0.29, 0.717) is 0 Å². The lowest BCUT2D eigenvalue weighted by atomic mass is 10.4. The molecule has 0 amide bonds. The summed E-state index contributed by atoms with van der Waals surface area (Å²) in [5, 5.41) is 7.86. The second-order valence-corrected chi connectivity index (χ2v) is 3.30. The van der Waals surface area contributed by atoms with Crippen LogP contribution < -0.4 is 0 Å². The summed E-state index contributed by atoms with van der Waals surface area (Å²) in [7, 11) is 0. The average Bonchev–Trinajstić information content (AvgIpc) is 2.15. The molecule has 2 aromatic rings. The molecule has 40 valence electrons.